The van der Waals surface area contributed by atoms with Crippen LogP contribution < -0.4 is 11.1 Å². The summed E-state index contributed by atoms with van der Waals surface area (Å²) < 4.78 is 4.91. The zero-order valence-electron chi connectivity index (χ0n) is 7.60. The van der Waals surface area contributed by atoms with Crippen LogP contribution in [0.15, 0.2) is 0 Å². The molecule has 0 heterocycles. The topological polar surface area (TPSA) is 47.3 Å². The molecular weight excluding hydrogens is 140 g/mol. The van der Waals surface area contributed by atoms with E-state index in [1.165, 1.54) is 0 Å². The van der Waals surface area contributed by atoms with Crippen LogP contribution in [0, 0.1) is 0 Å². The average Bonchev–Trinajstić information content (AvgIpc) is 2.01. The molecule has 0 fully saturated rings. The van der Waals surface area contributed by atoms with Crippen molar-refractivity contribution in [2.75, 3.05) is 26.8 Å². The summed E-state index contributed by atoms with van der Waals surface area (Å²) in [5.74, 6) is 0. The number of hydrogen-bond donors (Lipinski definition) is 2. The van der Waals surface area contributed by atoms with E-state index in [0.717, 1.165) is 32.5 Å². The third-order valence-electron chi connectivity index (χ3n) is 1.53. The molecule has 3 heteroatoms. The van der Waals surface area contributed by atoms with E-state index in [-0.39, 0.29) is 6.04 Å². The molecule has 11 heavy (non-hydrogen) atoms. The Morgan fingerprint density at radius 3 is 2.82 bits per heavy atom. The lowest BCUT2D eigenvalue weighted by Gasteiger charge is -2.10. The first-order valence-corrected chi connectivity index (χ1v) is 4.26. The van der Waals surface area contributed by atoms with Gasteiger partial charge in [-0.2, -0.15) is 0 Å². The van der Waals surface area contributed by atoms with Crippen molar-refractivity contribution in [3.63, 3.8) is 0 Å². The normalized spacial score (nSPS) is 13.4. The number of methoxy groups -OCH3 is 1. The molecule has 0 bridgehead atoms. The molecule has 0 radical (unpaired) electrons. The fourth-order valence-electron chi connectivity index (χ4n) is 0.836. The summed E-state index contributed by atoms with van der Waals surface area (Å²) in [7, 11) is 1.70. The zero-order valence-corrected chi connectivity index (χ0v) is 7.60. The molecule has 0 aliphatic rings. The number of ether oxygens (including phenoxy) is 1. The van der Waals surface area contributed by atoms with Gasteiger partial charge in [0.15, 0.2) is 0 Å². The van der Waals surface area contributed by atoms with E-state index in [4.69, 9.17) is 10.5 Å². The lowest BCUT2D eigenvalue weighted by molar-refractivity contribution is 0.187. The highest BCUT2D eigenvalue weighted by atomic mass is 16.5. The quantitative estimate of drug-likeness (QED) is 0.528. The summed E-state index contributed by atoms with van der Waals surface area (Å²) in [6, 6.07) is 0.237. The molecule has 0 aromatic rings. The van der Waals surface area contributed by atoms with Gasteiger partial charge in [0.05, 0.1) is 0 Å². The van der Waals surface area contributed by atoms with Crippen molar-refractivity contribution in [1.82, 2.24) is 5.32 Å². The van der Waals surface area contributed by atoms with E-state index in [1.807, 2.05) is 0 Å². The van der Waals surface area contributed by atoms with Crippen LogP contribution >= 0.6 is 0 Å². The Hall–Kier alpha value is -0.120. The molecule has 0 saturated carbocycles. The number of hydrogen-bond acceptors (Lipinski definition) is 3. The lowest BCUT2D eigenvalue weighted by atomic mass is 10.2. The fourth-order valence-corrected chi connectivity index (χ4v) is 0.836. The van der Waals surface area contributed by atoms with E-state index < -0.39 is 0 Å². The van der Waals surface area contributed by atoms with Crippen molar-refractivity contribution in [3.8, 4) is 0 Å². The molecule has 1 unspecified atom stereocenters. The predicted molar refractivity (Wildman–Crippen MR) is 47.6 cm³/mol. The SMILES string of the molecule is CCCNCC(N)CCOC. The van der Waals surface area contributed by atoms with E-state index in [0.29, 0.717) is 0 Å². The molecule has 0 aromatic carbocycles. The first-order valence-electron chi connectivity index (χ1n) is 4.26. The molecule has 0 amide bonds. The predicted octanol–water partition coefficient (Wildman–Crippen LogP) is 0.350. The van der Waals surface area contributed by atoms with Crippen LogP contribution in [-0.2, 0) is 4.74 Å². The molecule has 0 aliphatic carbocycles. The van der Waals surface area contributed by atoms with Crippen LogP contribution in [0.25, 0.3) is 0 Å². The second-order valence-corrected chi connectivity index (χ2v) is 2.75. The van der Waals surface area contributed by atoms with Gasteiger partial charge >= 0.3 is 0 Å². The van der Waals surface area contributed by atoms with E-state index in [9.17, 15) is 0 Å². The van der Waals surface area contributed by atoms with Gasteiger partial charge in [0.25, 0.3) is 0 Å². The minimum Gasteiger partial charge on any atom is -0.385 e. The first kappa shape index (κ1) is 10.9. The molecule has 3 nitrogen and oxygen atoms in total. The van der Waals surface area contributed by atoms with Crippen molar-refractivity contribution in [3.05, 3.63) is 0 Å². The van der Waals surface area contributed by atoms with Gasteiger partial charge < -0.3 is 15.8 Å². The molecule has 68 valence electrons. The van der Waals surface area contributed by atoms with Gasteiger partial charge in [0.1, 0.15) is 0 Å². The van der Waals surface area contributed by atoms with E-state index in [1.54, 1.807) is 7.11 Å². The fraction of sp³-hybridized carbons (Fsp3) is 1.00. The summed E-state index contributed by atoms with van der Waals surface area (Å²) in [6.07, 6.45) is 2.10. The second kappa shape index (κ2) is 7.98. The first-order chi connectivity index (χ1) is 5.31. The molecule has 3 N–H and O–H groups in total. The minimum atomic E-state index is 0.237. The van der Waals surface area contributed by atoms with Crippen LogP contribution in [-0.4, -0.2) is 32.8 Å². The maximum atomic E-state index is 5.76. The monoisotopic (exact) mass is 160 g/mol. The van der Waals surface area contributed by atoms with Crippen molar-refractivity contribution < 1.29 is 4.74 Å². The third kappa shape index (κ3) is 7.78. The summed E-state index contributed by atoms with van der Waals surface area (Å²) in [4.78, 5) is 0. The maximum absolute atomic E-state index is 5.76. The van der Waals surface area contributed by atoms with Gasteiger partial charge in [-0.25, -0.2) is 0 Å². The van der Waals surface area contributed by atoms with Gasteiger partial charge in [-0.15, -0.1) is 0 Å². The maximum Gasteiger partial charge on any atom is 0.0477 e. The van der Waals surface area contributed by atoms with Crippen molar-refractivity contribution >= 4 is 0 Å². The van der Waals surface area contributed by atoms with Crippen molar-refractivity contribution in [1.29, 1.82) is 0 Å². The van der Waals surface area contributed by atoms with Gasteiger partial charge in [-0.3, -0.25) is 0 Å². The highest BCUT2D eigenvalue weighted by Crippen LogP contribution is 1.86. The summed E-state index contributed by atoms with van der Waals surface area (Å²) in [5, 5.41) is 3.26. The van der Waals surface area contributed by atoms with E-state index >= 15 is 0 Å². The smallest absolute Gasteiger partial charge is 0.0477 e. The Kier molecular flexibility index (Phi) is 7.89. The van der Waals surface area contributed by atoms with Crippen LogP contribution in [0.3, 0.4) is 0 Å². The molecule has 0 rings (SSSR count). The highest BCUT2D eigenvalue weighted by Gasteiger charge is 1.99. The van der Waals surface area contributed by atoms with Gasteiger partial charge in [0, 0.05) is 26.3 Å². The average molecular weight is 160 g/mol. The van der Waals surface area contributed by atoms with Crippen molar-refractivity contribution in [2.45, 2.75) is 25.8 Å². The Balaban J connectivity index is 3.02. The van der Waals surface area contributed by atoms with E-state index in [2.05, 4.69) is 12.2 Å². The molecule has 0 spiro atoms. The molecule has 0 aromatic heterocycles. The Bertz CT molecular complexity index is 78.5. The van der Waals surface area contributed by atoms with Crippen LogP contribution in [0.2, 0.25) is 0 Å². The Morgan fingerprint density at radius 2 is 2.27 bits per heavy atom. The standard InChI is InChI=1S/C8H20N2O/c1-3-5-10-7-8(9)4-6-11-2/h8,10H,3-7,9H2,1-2H3. The van der Waals surface area contributed by atoms with Gasteiger partial charge in [-0.05, 0) is 19.4 Å². The highest BCUT2D eigenvalue weighted by molar-refractivity contribution is 4.63. The number of nitrogens with two attached hydrogens (primary N) is 1. The zero-order chi connectivity index (χ0) is 8.53. The van der Waals surface area contributed by atoms with Crippen molar-refractivity contribution in [2.24, 2.45) is 5.73 Å². The third-order valence-corrected chi connectivity index (χ3v) is 1.53. The summed E-state index contributed by atoms with van der Waals surface area (Å²) in [5.41, 5.74) is 5.76. The van der Waals surface area contributed by atoms with Crippen LogP contribution in [0.5, 0.6) is 0 Å². The lowest BCUT2D eigenvalue weighted by Crippen LogP contribution is -2.34. The van der Waals surface area contributed by atoms with Gasteiger partial charge in [-0.1, -0.05) is 6.92 Å². The molecule has 1 atom stereocenters. The Morgan fingerprint density at radius 1 is 1.55 bits per heavy atom. The largest absolute Gasteiger partial charge is 0.385 e. The molecule has 0 aliphatic heterocycles. The second-order valence-electron chi connectivity index (χ2n) is 2.75. The Labute approximate surface area is 69.3 Å². The van der Waals surface area contributed by atoms with Gasteiger partial charge in [0.2, 0.25) is 0 Å². The number of nitrogens with one attached hydrogen (secondary N) is 1. The summed E-state index contributed by atoms with van der Waals surface area (Å²) in [6.45, 7) is 4.86. The number of rotatable bonds is 7. The minimum absolute atomic E-state index is 0.237. The molecular formula is C8H20N2O. The van der Waals surface area contributed by atoms with Crippen LogP contribution in [0.4, 0.5) is 0 Å². The van der Waals surface area contributed by atoms with Crippen LogP contribution in [0.1, 0.15) is 19.8 Å². The molecule has 0 saturated heterocycles. The summed E-state index contributed by atoms with van der Waals surface area (Å²) >= 11 is 0.